The number of aromatic nitrogens is 3. The molecule has 0 fully saturated rings. The van der Waals surface area contributed by atoms with Gasteiger partial charge in [-0.05, 0) is 87.8 Å². The summed E-state index contributed by atoms with van der Waals surface area (Å²) in [6, 6.07) is 13.5. The monoisotopic (exact) mass is 542 g/mol. The number of nitrogens with one attached hydrogen (secondary N) is 2. The maximum Gasteiger partial charge on any atom is 0.256 e. The number of hydrogen-bond acceptors (Lipinski definition) is 8. The highest BCUT2D eigenvalue weighted by molar-refractivity contribution is 5.97. The third-order valence-electron chi connectivity index (χ3n) is 6.82. The number of carbonyl (C=O) groups excluding carboxylic acids is 1. The van der Waals surface area contributed by atoms with E-state index in [0.717, 1.165) is 30.6 Å². The SMILES string of the molecule is CCNC(=O)c1cn(-c2ccc3c(c2)CCC3)c2nc(Nc3ccc(OCC(O)CN(C)C)cc3)ncc2c1=O. The first-order valence-corrected chi connectivity index (χ1v) is 13.5. The summed E-state index contributed by atoms with van der Waals surface area (Å²) in [6.07, 6.45) is 5.62. The van der Waals surface area contributed by atoms with Crippen molar-refractivity contribution < 1.29 is 14.6 Å². The topological polar surface area (TPSA) is 122 Å². The van der Waals surface area contributed by atoms with Crippen molar-refractivity contribution >= 4 is 28.6 Å². The Hall–Kier alpha value is -4.28. The molecule has 1 atom stereocenters. The number of ether oxygens (including phenoxy) is 1. The highest BCUT2D eigenvalue weighted by Gasteiger charge is 2.19. The second-order valence-electron chi connectivity index (χ2n) is 10.2. The van der Waals surface area contributed by atoms with Crippen LogP contribution in [0.1, 0.15) is 34.8 Å². The van der Waals surface area contributed by atoms with Crippen molar-refractivity contribution in [3.05, 3.63) is 81.8 Å². The summed E-state index contributed by atoms with van der Waals surface area (Å²) in [6.45, 7) is 2.93. The average Bonchev–Trinajstić information content (AvgIpc) is 3.41. The zero-order chi connectivity index (χ0) is 28.2. The van der Waals surface area contributed by atoms with E-state index in [4.69, 9.17) is 9.72 Å². The van der Waals surface area contributed by atoms with Gasteiger partial charge in [0.25, 0.3) is 5.91 Å². The van der Waals surface area contributed by atoms with Gasteiger partial charge in [-0.25, -0.2) is 4.98 Å². The summed E-state index contributed by atoms with van der Waals surface area (Å²) < 4.78 is 7.48. The van der Waals surface area contributed by atoms with Crippen LogP contribution in [-0.2, 0) is 12.8 Å². The van der Waals surface area contributed by atoms with Crippen molar-refractivity contribution in [2.45, 2.75) is 32.3 Å². The Morgan fingerprint density at radius 3 is 2.67 bits per heavy atom. The van der Waals surface area contributed by atoms with E-state index in [1.165, 1.54) is 17.3 Å². The fraction of sp³-hybridized carbons (Fsp3) is 0.333. The third-order valence-corrected chi connectivity index (χ3v) is 6.82. The molecule has 0 saturated carbocycles. The van der Waals surface area contributed by atoms with Crippen molar-refractivity contribution in [3.63, 3.8) is 0 Å². The van der Waals surface area contributed by atoms with Gasteiger partial charge in [-0.3, -0.25) is 9.59 Å². The number of aliphatic hydroxyl groups is 1. The second-order valence-corrected chi connectivity index (χ2v) is 10.2. The van der Waals surface area contributed by atoms with Gasteiger partial charge >= 0.3 is 0 Å². The first-order chi connectivity index (χ1) is 19.3. The molecule has 40 heavy (non-hydrogen) atoms. The summed E-state index contributed by atoms with van der Waals surface area (Å²) in [5.74, 6) is 0.511. The Bertz CT molecular complexity index is 1580. The van der Waals surface area contributed by atoms with Gasteiger partial charge in [-0.15, -0.1) is 0 Å². The Labute approximate surface area is 232 Å². The van der Waals surface area contributed by atoms with E-state index in [-0.39, 0.29) is 17.6 Å². The van der Waals surface area contributed by atoms with Crippen molar-refractivity contribution in [2.75, 3.05) is 39.1 Å². The van der Waals surface area contributed by atoms with Crippen molar-refractivity contribution in [3.8, 4) is 11.4 Å². The lowest BCUT2D eigenvalue weighted by Gasteiger charge is -2.16. The van der Waals surface area contributed by atoms with Gasteiger partial charge < -0.3 is 29.9 Å². The predicted molar refractivity (Wildman–Crippen MR) is 155 cm³/mol. The van der Waals surface area contributed by atoms with Gasteiger partial charge in [0.2, 0.25) is 11.4 Å². The molecule has 5 rings (SSSR count). The number of carbonyl (C=O) groups is 1. The first kappa shape index (κ1) is 27.3. The number of benzene rings is 2. The number of nitrogens with zero attached hydrogens (tertiary/aromatic N) is 4. The number of amides is 1. The molecule has 4 aromatic rings. The summed E-state index contributed by atoms with van der Waals surface area (Å²) in [5, 5.41) is 16.2. The van der Waals surface area contributed by atoms with Crippen molar-refractivity contribution in [1.82, 2.24) is 24.8 Å². The van der Waals surface area contributed by atoms with Gasteiger partial charge in [0, 0.05) is 36.9 Å². The third kappa shape index (κ3) is 5.98. The number of hydrogen-bond donors (Lipinski definition) is 3. The van der Waals surface area contributed by atoms with Crippen molar-refractivity contribution in [2.24, 2.45) is 0 Å². The van der Waals surface area contributed by atoms with E-state index in [9.17, 15) is 14.7 Å². The minimum absolute atomic E-state index is 0.0467. The molecule has 2 aromatic heterocycles. The van der Waals surface area contributed by atoms with Gasteiger partial charge in [-0.2, -0.15) is 4.98 Å². The Kier molecular flexibility index (Phi) is 8.09. The lowest BCUT2D eigenvalue weighted by molar-refractivity contribution is 0.0831. The Balaban J connectivity index is 1.46. The smallest absolute Gasteiger partial charge is 0.256 e. The molecule has 10 nitrogen and oxygen atoms in total. The van der Waals surface area contributed by atoms with Crippen LogP contribution in [0.25, 0.3) is 16.7 Å². The molecule has 10 heteroatoms. The van der Waals surface area contributed by atoms with E-state index < -0.39 is 17.4 Å². The number of pyridine rings is 1. The Morgan fingerprint density at radius 1 is 1.15 bits per heavy atom. The molecule has 2 aromatic carbocycles. The van der Waals surface area contributed by atoms with Gasteiger partial charge in [0.1, 0.15) is 24.0 Å². The molecule has 2 heterocycles. The number of fused-ring (bicyclic) bond motifs is 2. The van der Waals surface area contributed by atoms with E-state index >= 15 is 0 Å². The van der Waals surface area contributed by atoms with Gasteiger partial charge in [-0.1, -0.05) is 6.07 Å². The Morgan fingerprint density at radius 2 is 1.93 bits per heavy atom. The van der Waals surface area contributed by atoms with Crippen molar-refractivity contribution in [1.29, 1.82) is 0 Å². The van der Waals surface area contributed by atoms with E-state index in [0.29, 0.717) is 30.4 Å². The molecule has 0 aliphatic heterocycles. The van der Waals surface area contributed by atoms with Crippen LogP contribution in [0.4, 0.5) is 11.6 Å². The summed E-state index contributed by atoms with van der Waals surface area (Å²) in [4.78, 5) is 37.0. The van der Waals surface area contributed by atoms with Gasteiger partial charge in [0.15, 0.2) is 5.65 Å². The first-order valence-electron chi connectivity index (χ1n) is 13.5. The van der Waals surface area contributed by atoms with Crippen LogP contribution in [0, 0.1) is 0 Å². The molecule has 3 N–H and O–H groups in total. The minimum Gasteiger partial charge on any atom is -0.491 e. The van der Waals surface area contributed by atoms with Crippen LogP contribution in [0.3, 0.4) is 0 Å². The van der Waals surface area contributed by atoms with Crippen LogP contribution in [-0.4, -0.2) is 70.3 Å². The molecule has 1 aliphatic rings. The standard InChI is InChI=1S/C30H34N6O4/c1-4-31-29(39)26-17-36(22-11-8-19-6-5-7-20(19)14-22)28-25(27(26)38)15-32-30(34-28)33-21-9-12-24(13-10-21)40-18-23(37)16-35(2)3/h8-15,17,23,37H,4-7,16,18H2,1-3H3,(H,31,39)(H,32,33,34). The number of likely N-dealkylation sites (N-methyl/N-ethyl adjacent to an activating group) is 1. The second kappa shape index (κ2) is 11.8. The zero-order valence-electron chi connectivity index (χ0n) is 23.0. The molecule has 0 spiro atoms. The van der Waals surface area contributed by atoms with Crippen LogP contribution in [0.2, 0.25) is 0 Å². The van der Waals surface area contributed by atoms with Crippen LogP contribution in [0.5, 0.6) is 5.75 Å². The zero-order valence-corrected chi connectivity index (χ0v) is 23.0. The van der Waals surface area contributed by atoms with Crippen LogP contribution < -0.4 is 20.8 Å². The molecule has 0 bridgehead atoms. The van der Waals surface area contributed by atoms with Gasteiger partial charge in [0.05, 0.1) is 5.39 Å². The summed E-state index contributed by atoms with van der Waals surface area (Å²) >= 11 is 0. The largest absolute Gasteiger partial charge is 0.491 e. The van der Waals surface area contributed by atoms with Crippen LogP contribution >= 0.6 is 0 Å². The lowest BCUT2D eigenvalue weighted by Crippen LogP contribution is -2.30. The number of rotatable bonds is 10. The normalized spacial score (nSPS) is 13.3. The predicted octanol–water partition coefficient (Wildman–Crippen LogP) is 3.06. The highest BCUT2D eigenvalue weighted by atomic mass is 16.5. The molecular weight excluding hydrogens is 508 g/mol. The minimum atomic E-state index is -0.587. The van der Waals surface area contributed by atoms with E-state index in [2.05, 4.69) is 27.8 Å². The highest BCUT2D eigenvalue weighted by Crippen LogP contribution is 2.26. The molecule has 208 valence electrons. The maximum atomic E-state index is 13.3. The summed E-state index contributed by atoms with van der Waals surface area (Å²) in [7, 11) is 3.79. The fourth-order valence-corrected chi connectivity index (χ4v) is 4.92. The summed E-state index contributed by atoms with van der Waals surface area (Å²) in [5.41, 5.74) is 4.20. The maximum absolute atomic E-state index is 13.3. The number of aryl methyl sites for hydroxylation is 2. The molecule has 1 aliphatic carbocycles. The molecule has 1 unspecified atom stereocenters. The van der Waals surface area contributed by atoms with Crippen LogP contribution in [0.15, 0.2) is 59.7 Å². The average molecular weight is 543 g/mol. The van der Waals surface area contributed by atoms with E-state index in [1.807, 2.05) is 44.1 Å². The van der Waals surface area contributed by atoms with E-state index in [1.54, 1.807) is 22.9 Å². The number of anilines is 2. The molecular formula is C30H34N6O4. The molecule has 0 radical (unpaired) electrons. The lowest BCUT2D eigenvalue weighted by atomic mass is 10.1. The molecule has 0 saturated heterocycles. The fourth-order valence-electron chi connectivity index (χ4n) is 4.92. The molecule has 1 amide bonds. The quantitative estimate of drug-likeness (QED) is 0.280. The number of aliphatic hydroxyl groups excluding tert-OH is 1.